The van der Waals surface area contributed by atoms with Gasteiger partial charge in [0.05, 0.1) is 24.8 Å². The number of nitrogens with one attached hydrogen (secondary N) is 1. The zero-order chi connectivity index (χ0) is 27.2. The van der Waals surface area contributed by atoms with Crippen LogP contribution in [0.3, 0.4) is 0 Å². The quantitative estimate of drug-likeness (QED) is 0.180. The van der Waals surface area contributed by atoms with Crippen LogP contribution in [0.2, 0.25) is 5.28 Å². The molecular formula is C21H27ClN6O8P2. The first-order valence-electron chi connectivity index (χ1n) is 11.8. The van der Waals surface area contributed by atoms with Crippen molar-refractivity contribution < 1.29 is 38.2 Å². The van der Waals surface area contributed by atoms with Crippen LogP contribution < -0.4 is 5.32 Å². The van der Waals surface area contributed by atoms with E-state index >= 15 is 0 Å². The van der Waals surface area contributed by atoms with Gasteiger partial charge < -0.3 is 34.4 Å². The summed E-state index contributed by atoms with van der Waals surface area (Å²) < 4.78 is 35.2. The normalized spacial score (nSPS) is 26.9. The molecule has 38 heavy (non-hydrogen) atoms. The van der Waals surface area contributed by atoms with E-state index in [1.165, 1.54) is 10.2 Å². The van der Waals surface area contributed by atoms with Crippen LogP contribution in [0.15, 0.2) is 24.3 Å². The van der Waals surface area contributed by atoms with E-state index in [2.05, 4.69) is 37.7 Å². The van der Waals surface area contributed by atoms with E-state index in [0.29, 0.717) is 11.3 Å². The lowest BCUT2D eigenvalue weighted by atomic mass is 10.1. The fourth-order valence-electron chi connectivity index (χ4n) is 5.09. The molecule has 17 heteroatoms. The number of halogens is 1. The highest BCUT2D eigenvalue weighted by molar-refractivity contribution is 7.70. The molecule has 5 rings (SSSR count). The van der Waals surface area contributed by atoms with Gasteiger partial charge in [-0.3, -0.25) is 9.13 Å². The van der Waals surface area contributed by atoms with Crippen molar-refractivity contribution >= 4 is 43.8 Å². The van der Waals surface area contributed by atoms with Crippen molar-refractivity contribution in [3.8, 4) is 0 Å². The van der Waals surface area contributed by atoms with Crippen LogP contribution in [0.5, 0.6) is 0 Å². The number of benzene rings is 1. The molecule has 14 nitrogen and oxygen atoms in total. The number of hydrogen-bond donors (Lipinski definition) is 5. The number of aromatic nitrogens is 5. The van der Waals surface area contributed by atoms with Crippen molar-refractivity contribution in [3.05, 3.63) is 40.7 Å². The second-order valence-corrected chi connectivity index (χ2v) is 14.1. The molecule has 1 aromatic carbocycles. The van der Waals surface area contributed by atoms with Gasteiger partial charge in [-0.15, -0.1) is 5.10 Å². The number of hydrogen-bond acceptors (Lipinski definition) is 11. The number of aliphatic hydroxyl groups excluding tert-OH is 2. The molecular weight excluding hydrogens is 562 g/mol. The van der Waals surface area contributed by atoms with E-state index in [4.69, 9.17) is 30.4 Å². The minimum absolute atomic E-state index is 0.00411. The fourth-order valence-corrected chi connectivity index (χ4v) is 8.37. The highest BCUT2D eigenvalue weighted by Gasteiger charge is 2.45. The summed E-state index contributed by atoms with van der Waals surface area (Å²) in [5.41, 5.74) is 3.00. The van der Waals surface area contributed by atoms with E-state index in [1.807, 2.05) is 12.1 Å². The Morgan fingerprint density at radius 2 is 1.95 bits per heavy atom. The predicted octanol–water partition coefficient (Wildman–Crippen LogP) is 2.25. The fraction of sp³-hybridized carbons (Fsp3) is 0.524. The van der Waals surface area contributed by atoms with Crippen LogP contribution in [-0.2, 0) is 24.6 Å². The Bertz CT molecular complexity index is 1440. The lowest BCUT2D eigenvalue weighted by Crippen LogP contribution is -2.31. The Morgan fingerprint density at radius 3 is 2.68 bits per heavy atom. The van der Waals surface area contributed by atoms with Crippen molar-refractivity contribution in [1.82, 2.24) is 25.0 Å². The Labute approximate surface area is 222 Å². The number of nitrogens with zero attached hydrogens (tertiary/aromatic N) is 5. The number of fused-ring (bicyclic) bond motifs is 2. The Balaban J connectivity index is 1.37. The lowest BCUT2D eigenvalue weighted by molar-refractivity contribution is -0.00387. The van der Waals surface area contributed by atoms with Gasteiger partial charge in [-0.2, -0.15) is 9.97 Å². The molecule has 206 valence electrons. The molecule has 0 saturated heterocycles. The van der Waals surface area contributed by atoms with E-state index in [-0.39, 0.29) is 30.0 Å². The summed E-state index contributed by atoms with van der Waals surface area (Å²) in [5, 5.41) is 33.2. The highest BCUT2D eigenvalue weighted by atomic mass is 35.5. The number of aryl methyl sites for hydroxylation is 1. The summed E-state index contributed by atoms with van der Waals surface area (Å²) >= 11 is 6.24. The molecule has 1 saturated carbocycles. The molecule has 5 N–H and O–H groups in total. The van der Waals surface area contributed by atoms with Gasteiger partial charge in [-0.25, -0.2) is 4.68 Å². The van der Waals surface area contributed by atoms with Gasteiger partial charge in [0.25, 0.3) is 0 Å². The van der Waals surface area contributed by atoms with Crippen molar-refractivity contribution in [2.45, 2.75) is 43.6 Å². The van der Waals surface area contributed by atoms with Crippen molar-refractivity contribution in [2.24, 2.45) is 5.92 Å². The first kappa shape index (κ1) is 27.6. The molecule has 0 radical (unpaired) electrons. The molecule has 0 bridgehead atoms. The maximum absolute atomic E-state index is 12.6. The molecule has 0 aliphatic heterocycles. The molecule has 1 unspecified atom stereocenters. The number of aliphatic hydroxyl groups is 2. The molecule has 1 fully saturated rings. The maximum Gasteiger partial charge on any atom is 0.342 e. The van der Waals surface area contributed by atoms with Crippen LogP contribution in [-0.4, -0.2) is 76.8 Å². The molecule has 0 amide bonds. The van der Waals surface area contributed by atoms with Gasteiger partial charge in [0.15, 0.2) is 22.9 Å². The smallest absolute Gasteiger partial charge is 0.342 e. The average Bonchev–Trinajstić information content (AvgIpc) is 3.54. The van der Waals surface area contributed by atoms with E-state index in [1.54, 1.807) is 0 Å². The van der Waals surface area contributed by atoms with E-state index in [0.717, 1.165) is 25.5 Å². The second kappa shape index (κ2) is 10.5. The summed E-state index contributed by atoms with van der Waals surface area (Å²) in [6.07, 6.45) is -0.740. The molecule has 0 spiro atoms. The second-order valence-electron chi connectivity index (χ2n) is 9.42. The van der Waals surface area contributed by atoms with Crippen molar-refractivity contribution in [1.29, 1.82) is 0 Å². The van der Waals surface area contributed by atoms with E-state index < -0.39 is 45.3 Å². The third-order valence-corrected chi connectivity index (χ3v) is 11.1. The molecule has 3 aromatic rings. The van der Waals surface area contributed by atoms with Crippen LogP contribution in [0.25, 0.3) is 11.2 Å². The van der Waals surface area contributed by atoms with Crippen molar-refractivity contribution in [3.63, 3.8) is 0 Å². The average molecular weight is 589 g/mol. The number of rotatable bonds is 9. The maximum atomic E-state index is 12.6. The topological polar surface area (TPSA) is 202 Å². The minimum atomic E-state index is -4.69. The van der Waals surface area contributed by atoms with Gasteiger partial charge in [0.1, 0.15) is 6.10 Å². The zero-order valence-corrected chi connectivity index (χ0v) is 22.7. The van der Waals surface area contributed by atoms with Gasteiger partial charge in [0.2, 0.25) is 5.28 Å². The van der Waals surface area contributed by atoms with Crippen LogP contribution in [0, 0.1) is 5.92 Å². The van der Waals surface area contributed by atoms with Gasteiger partial charge >= 0.3 is 15.2 Å². The first-order chi connectivity index (χ1) is 18.0. The first-order valence-corrected chi connectivity index (χ1v) is 15.7. The Kier molecular flexibility index (Phi) is 7.64. The largest absolute Gasteiger partial charge is 0.390 e. The summed E-state index contributed by atoms with van der Waals surface area (Å²) in [7, 11) is -7.80. The lowest BCUT2D eigenvalue weighted by Gasteiger charge is -2.21. The summed E-state index contributed by atoms with van der Waals surface area (Å²) in [4.78, 5) is 26.9. The summed E-state index contributed by atoms with van der Waals surface area (Å²) in [5.74, 6) is -1.46. The summed E-state index contributed by atoms with van der Waals surface area (Å²) in [6.45, 7) is -0.379. The highest BCUT2D eigenvalue weighted by Crippen LogP contribution is 2.59. The number of anilines is 1. The SMILES string of the molecule is COP(=O)(CP(=O)(O)O)OC[C@H]1C[C@@H](n2nnc3c(N[C@H]4CCc5ccccc54)nc(Cl)nc32)[C@H](O)[C@@H]1O. The van der Waals surface area contributed by atoms with Crippen LogP contribution in [0.4, 0.5) is 5.82 Å². The molecule has 6 atom stereocenters. The van der Waals surface area contributed by atoms with Gasteiger partial charge in [-0.05, 0) is 42.0 Å². The van der Waals surface area contributed by atoms with E-state index in [9.17, 15) is 19.3 Å². The van der Waals surface area contributed by atoms with Crippen molar-refractivity contribution in [2.75, 3.05) is 24.9 Å². The van der Waals surface area contributed by atoms with Crippen LogP contribution in [0.1, 0.15) is 36.1 Å². The zero-order valence-electron chi connectivity index (χ0n) is 20.2. The molecule has 2 aromatic heterocycles. The minimum Gasteiger partial charge on any atom is -0.390 e. The third kappa shape index (κ3) is 5.51. The van der Waals surface area contributed by atoms with Gasteiger partial charge in [0, 0.05) is 13.0 Å². The summed E-state index contributed by atoms with van der Waals surface area (Å²) in [6, 6.07) is 7.31. The monoisotopic (exact) mass is 588 g/mol. The molecule has 2 aliphatic carbocycles. The Morgan fingerprint density at radius 1 is 1.18 bits per heavy atom. The standard InChI is InChI=1S/C21H27ClN6O8P2/c1-35-38(34,10-37(31,32)33)36-9-12-8-15(18(30)17(12)29)28-20-16(26-27-28)19(24-21(22)25-20)23-14-7-6-11-4-2-3-5-13(11)14/h2-5,12,14-15,17-18,29-30H,6-10H2,1H3,(H,23,24,25)(H2,31,32,33)/t12-,14+,15-,17-,18+,38?/m1/s1. The third-order valence-electron chi connectivity index (χ3n) is 6.95. The molecule has 2 heterocycles. The predicted molar refractivity (Wildman–Crippen MR) is 136 cm³/mol. The van der Waals surface area contributed by atoms with Crippen LogP contribution >= 0.6 is 26.8 Å². The van der Waals surface area contributed by atoms with Gasteiger partial charge in [-0.1, -0.05) is 29.5 Å². The Hall–Kier alpha value is -1.99. The molecule has 2 aliphatic rings.